The number of hydrogen-bond donors (Lipinski definition) is 3. The van der Waals surface area contributed by atoms with Gasteiger partial charge in [0.15, 0.2) is 0 Å². The highest BCUT2D eigenvalue weighted by molar-refractivity contribution is 6.06. The summed E-state index contributed by atoms with van der Waals surface area (Å²) in [6.45, 7) is 0. The zero-order chi connectivity index (χ0) is 24.4. The number of anilines is 1. The van der Waals surface area contributed by atoms with Crippen LogP contribution in [0.5, 0.6) is 11.6 Å². The monoisotopic (exact) mass is 461 g/mol. The van der Waals surface area contributed by atoms with Gasteiger partial charge >= 0.3 is 0 Å². The highest BCUT2D eigenvalue weighted by Crippen LogP contribution is 2.35. The van der Waals surface area contributed by atoms with Crippen molar-refractivity contribution < 1.29 is 14.6 Å². The Hall–Kier alpha value is -5.16. The van der Waals surface area contributed by atoms with E-state index in [0.717, 1.165) is 16.6 Å². The van der Waals surface area contributed by atoms with Crippen molar-refractivity contribution in [2.45, 2.75) is 0 Å². The van der Waals surface area contributed by atoms with E-state index in [1.54, 1.807) is 67.9 Å². The molecule has 0 aliphatic carbocycles. The fraction of sp³-hybridized carbons (Fsp3) is 0.0370. The molecule has 0 aliphatic rings. The van der Waals surface area contributed by atoms with Crippen molar-refractivity contribution in [1.29, 1.82) is 5.26 Å². The quantitative estimate of drug-likeness (QED) is 0.333. The van der Waals surface area contributed by atoms with Crippen molar-refractivity contribution in [3.8, 4) is 40.2 Å². The molecule has 2 heterocycles. The van der Waals surface area contributed by atoms with Crippen molar-refractivity contribution in [2.75, 3.05) is 12.4 Å². The number of rotatable bonds is 5. The minimum atomic E-state index is -0.297. The number of phenols is 1. The van der Waals surface area contributed by atoms with E-state index in [1.165, 1.54) is 0 Å². The number of methoxy groups -OCH3 is 1. The molecule has 0 aliphatic heterocycles. The third-order valence-corrected chi connectivity index (χ3v) is 5.54. The average Bonchev–Trinajstić information content (AvgIpc) is 3.32. The molecule has 8 heteroatoms. The van der Waals surface area contributed by atoms with Crippen LogP contribution in [0.2, 0.25) is 0 Å². The molecule has 0 saturated carbocycles. The Kier molecular flexibility index (Phi) is 5.57. The van der Waals surface area contributed by atoms with Crippen molar-refractivity contribution in [2.24, 2.45) is 0 Å². The number of aromatic nitrogens is 3. The number of phenolic OH excluding ortho intramolecular Hbond substituents is 1. The number of amides is 1. The molecule has 8 nitrogen and oxygen atoms in total. The summed E-state index contributed by atoms with van der Waals surface area (Å²) in [6.07, 6.45) is 1.65. The molecule has 0 bridgehead atoms. The third kappa shape index (κ3) is 4.26. The Morgan fingerprint density at radius 1 is 1.06 bits per heavy atom. The number of benzene rings is 3. The molecule has 3 aromatic carbocycles. The lowest BCUT2D eigenvalue weighted by atomic mass is 10.0. The summed E-state index contributed by atoms with van der Waals surface area (Å²) in [7, 11) is 1.56. The Labute approximate surface area is 200 Å². The van der Waals surface area contributed by atoms with Gasteiger partial charge in [0, 0.05) is 23.0 Å². The molecule has 0 fully saturated rings. The molecule has 0 radical (unpaired) electrons. The summed E-state index contributed by atoms with van der Waals surface area (Å²) in [5.41, 5.74) is 4.94. The number of ether oxygens (including phenoxy) is 1. The maximum absolute atomic E-state index is 12.7. The number of carbonyl (C=O) groups is 1. The molecule has 5 rings (SSSR count). The number of nitriles is 1. The van der Waals surface area contributed by atoms with E-state index in [4.69, 9.17) is 10.00 Å². The third-order valence-electron chi connectivity index (χ3n) is 5.54. The van der Waals surface area contributed by atoms with E-state index in [9.17, 15) is 9.90 Å². The molecule has 5 aromatic rings. The van der Waals surface area contributed by atoms with Crippen LogP contribution in [0.3, 0.4) is 0 Å². The number of hydrogen-bond acceptors (Lipinski definition) is 6. The van der Waals surface area contributed by atoms with Crippen molar-refractivity contribution in [3.63, 3.8) is 0 Å². The lowest BCUT2D eigenvalue weighted by molar-refractivity contribution is 0.102. The van der Waals surface area contributed by atoms with Crippen LogP contribution in [0.15, 0.2) is 79.0 Å². The van der Waals surface area contributed by atoms with Gasteiger partial charge in [-0.1, -0.05) is 6.07 Å². The predicted molar refractivity (Wildman–Crippen MR) is 132 cm³/mol. The van der Waals surface area contributed by atoms with Crippen LogP contribution in [0.25, 0.3) is 33.5 Å². The van der Waals surface area contributed by atoms with E-state index in [0.29, 0.717) is 39.6 Å². The van der Waals surface area contributed by atoms with Gasteiger partial charge in [0.05, 0.1) is 35.3 Å². The van der Waals surface area contributed by atoms with Gasteiger partial charge in [-0.05, 0) is 72.3 Å². The Morgan fingerprint density at radius 3 is 2.66 bits per heavy atom. The van der Waals surface area contributed by atoms with Gasteiger partial charge in [0.1, 0.15) is 11.6 Å². The largest absolute Gasteiger partial charge is 0.507 e. The second-order valence-corrected chi connectivity index (χ2v) is 7.75. The van der Waals surface area contributed by atoms with Gasteiger partial charge in [-0.2, -0.15) is 5.26 Å². The molecular formula is C27H19N5O3. The van der Waals surface area contributed by atoms with Gasteiger partial charge in [0.25, 0.3) is 5.91 Å². The first-order valence-corrected chi connectivity index (χ1v) is 10.7. The summed E-state index contributed by atoms with van der Waals surface area (Å²) in [4.78, 5) is 24.8. The predicted octanol–water partition coefficient (Wildman–Crippen LogP) is 5.13. The second kappa shape index (κ2) is 9.00. The molecule has 170 valence electrons. The number of nitrogens with one attached hydrogen (secondary N) is 2. The number of carbonyl (C=O) groups excluding carboxylic acids is 1. The topological polar surface area (TPSA) is 124 Å². The summed E-state index contributed by atoms with van der Waals surface area (Å²) >= 11 is 0. The SMILES string of the molecule is COc1ncccc1-c1ccc(O)c(-c2nc3cc(C(=O)Nc4ccc(C#N)cc4)ccc3[nH]2)c1. The molecular weight excluding hydrogens is 442 g/mol. The molecule has 3 N–H and O–H groups in total. The number of H-pyrrole nitrogens is 1. The highest BCUT2D eigenvalue weighted by atomic mass is 16.5. The van der Waals surface area contributed by atoms with Crippen molar-refractivity contribution in [1.82, 2.24) is 15.0 Å². The van der Waals surface area contributed by atoms with E-state index >= 15 is 0 Å². The lowest BCUT2D eigenvalue weighted by Gasteiger charge is -2.09. The van der Waals surface area contributed by atoms with Gasteiger partial charge in [-0.15, -0.1) is 0 Å². The van der Waals surface area contributed by atoms with Gasteiger partial charge in [-0.25, -0.2) is 9.97 Å². The van der Waals surface area contributed by atoms with Crippen LogP contribution in [-0.4, -0.2) is 33.1 Å². The van der Waals surface area contributed by atoms with Gasteiger partial charge in [0.2, 0.25) is 5.88 Å². The van der Waals surface area contributed by atoms with Crippen LogP contribution in [0.1, 0.15) is 15.9 Å². The number of pyridine rings is 1. The van der Waals surface area contributed by atoms with Crippen LogP contribution < -0.4 is 10.1 Å². The normalized spacial score (nSPS) is 10.6. The van der Waals surface area contributed by atoms with E-state index in [1.807, 2.05) is 24.3 Å². The molecule has 0 unspecified atom stereocenters. The van der Waals surface area contributed by atoms with E-state index < -0.39 is 0 Å². The average molecular weight is 461 g/mol. The fourth-order valence-corrected chi connectivity index (χ4v) is 3.77. The first-order chi connectivity index (χ1) is 17.1. The highest BCUT2D eigenvalue weighted by Gasteiger charge is 2.15. The lowest BCUT2D eigenvalue weighted by Crippen LogP contribution is -2.11. The fourth-order valence-electron chi connectivity index (χ4n) is 3.77. The molecule has 0 saturated heterocycles. The maximum atomic E-state index is 12.7. The van der Waals surface area contributed by atoms with Crippen LogP contribution in [0.4, 0.5) is 5.69 Å². The first kappa shape index (κ1) is 21.7. The number of imidazole rings is 1. The Bertz CT molecular complexity index is 1600. The number of nitrogens with zero attached hydrogens (tertiary/aromatic N) is 3. The summed E-state index contributed by atoms with van der Waals surface area (Å²) < 4.78 is 5.36. The zero-order valence-electron chi connectivity index (χ0n) is 18.6. The standard InChI is InChI=1S/C27H19N5O3/c1-35-27-20(3-2-12-29-27)17-7-11-24(33)21(13-17)25-31-22-10-6-18(14-23(22)32-25)26(34)30-19-8-4-16(15-28)5-9-19/h2-14,33H,1H3,(H,30,34)(H,31,32). The molecule has 0 spiro atoms. The minimum Gasteiger partial charge on any atom is -0.507 e. The minimum absolute atomic E-state index is 0.0643. The van der Waals surface area contributed by atoms with Crippen LogP contribution >= 0.6 is 0 Å². The maximum Gasteiger partial charge on any atom is 0.255 e. The number of aromatic hydroxyl groups is 1. The van der Waals surface area contributed by atoms with E-state index in [2.05, 4.69) is 20.3 Å². The van der Waals surface area contributed by atoms with Crippen molar-refractivity contribution in [3.05, 3.63) is 90.1 Å². The summed E-state index contributed by atoms with van der Waals surface area (Å²) in [5.74, 6) is 0.711. The van der Waals surface area contributed by atoms with Crippen LogP contribution in [0, 0.1) is 11.3 Å². The van der Waals surface area contributed by atoms with Crippen LogP contribution in [-0.2, 0) is 0 Å². The number of fused-ring (bicyclic) bond motifs is 1. The second-order valence-electron chi connectivity index (χ2n) is 7.75. The first-order valence-electron chi connectivity index (χ1n) is 10.7. The Morgan fingerprint density at radius 2 is 1.89 bits per heavy atom. The zero-order valence-corrected chi connectivity index (χ0v) is 18.6. The molecule has 35 heavy (non-hydrogen) atoms. The molecule has 1 amide bonds. The van der Waals surface area contributed by atoms with Gasteiger partial charge < -0.3 is 20.1 Å². The summed E-state index contributed by atoms with van der Waals surface area (Å²) in [6, 6.07) is 22.7. The molecule has 0 atom stereocenters. The Balaban J connectivity index is 1.46. The molecule has 2 aromatic heterocycles. The summed E-state index contributed by atoms with van der Waals surface area (Å²) in [5, 5.41) is 22.3. The van der Waals surface area contributed by atoms with Gasteiger partial charge in [-0.3, -0.25) is 4.79 Å². The number of aromatic amines is 1. The van der Waals surface area contributed by atoms with E-state index in [-0.39, 0.29) is 11.7 Å². The van der Waals surface area contributed by atoms with Crippen molar-refractivity contribution >= 4 is 22.6 Å². The smallest absolute Gasteiger partial charge is 0.255 e.